The molecule has 0 saturated carbocycles. The molecular formula is C15H21FN4. The van der Waals surface area contributed by atoms with Gasteiger partial charge < -0.3 is 11.1 Å². The van der Waals surface area contributed by atoms with E-state index in [0.717, 1.165) is 24.4 Å². The number of halogens is 1. The van der Waals surface area contributed by atoms with Crippen molar-refractivity contribution in [1.29, 1.82) is 0 Å². The van der Waals surface area contributed by atoms with E-state index in [4.69, 9.17) is 5.73 Å². The molecule has 1 heterocycles. The summed E-state index contributed by atoms with van der Waals surface area (Å²) in [5.41, 5.74) is 8.40. The molecule has 5 heteroatoms. The van der Waals surface area contributed by atoms with Crippen LogP contribution in [-0.4, -0.2) is 16.3 Å². The lowest BCUT2D eigenvalue weighted by Crippen LogP contribution is -2.10. The first-order valence-electron chi connectivity index (χ1n) is 6.92. The Kier molecular flexibility index (Phi) is 4.61. The molecule has 0 aliphatic heterocycles. The Morgan fingerprint density at radius 1 is 1.30 bits per heavy atom. The highest BCUT2D eigenvalue weighted by Gasteiger charge is 2.12. The molecule has 0 saturated heterocycles. The van der Waals surface area contributed by atoms with Crippen LogP contribution >= 0.6 is 0 Å². The second-order valence-electron chi connectivity index (χ2n) is 4.85. The summed E-state index contributed by atoms with van der Waals surface area (Å²) in [4.78, 5) is 0. The Balaban J connectivity index is 1.99. The van der Waals surface area contributed by atoms with E-state index in [1.807, 2.05) is 13.1 Å². The predicted octanol–water partition coefficient (Wildman–Crippen LogP) is 2.75. The fourth-order valence-electron chi connectivity index (χ4n) is 2.24. The van der Waals surface area contributed by atoms with Crippen molar-refractivity contribution in [2.75, 3.05) is 17.6 Å². The maximum absolute atomic E-state index is 13.5. The summed E-state index contributed by atoms with van der Waals surface area (Å²) in [7, 11) is 1.86. The number of hydrogen-bond acceptors (Lipinski definition) is 3. The van der Waals surface area contributed by atoms with Crippen LogP contribution in [0.5, 0.6) is 0 Å². The van der Waals surface area contributed by atoms with Crippen LogP contribution < -0.4 is 11.1 Å². The average Bonchev–Trinajstić information content (AvgIpc) is 2.69. The molecule has 2 rings (SSSR count). The van der Waals surface area contributed by atoms with Crippen molar-refractivity contribution in [3.05, 3.63) is 41.3 Å². The quantitative estimate of drug-likeness (QED) is 0.853. The molecule has 0 unspecified atom stereocenters. The van der Waals surface area contributed by atoms with Gasteiger partial charge in [0.05, 0.1) is 11.4 Å². The van der Waals surface area contributed by atoms with Gasteiger partial charge in [-0.3, -0.25) is 4.68 Å². The first-order chi connectivity index (χ1) is 9.63. The molecule has 0 spiro atoms. The first kappa shape index (κ1) is 14.4. The molecule has 0 amide bonds. The molecule has 0 radical (unpaired) electrons. The van der Waals surface area contributed by atoms with E-state index in [9.17, 15) is 4.39 Å². The minimum Gasteiger partial charge on any atom is -0.394 e. The van der Waals surface area contributed by atoms with Crippen LogP contribution in [0.1, 0.15) is 24.6 Å². The Morgan fingerprint density at radius 2 is 2.05 bits per heavy atom. The topological polar surface area (TPSA) is 55.9 Å². The molecule has 0 aliphatic carbocycles. The van der Waals surface area contributed by atoms with Gasteiger partial charge in [-0.15, -0.1) is 0 Å². The van der Waals surface area contributed by atoms with Crippen molar-refractivity contribution < 1.29 is 4.39 Å². The predicted molar refractivity (Wildman–Crippen MR) is 80.2 cm³/mol. The van der Waals surface area contributed by atoms with Crippen LogP contribution in [0.15, 0.2) is 24.3 Å². The van der Waals surface area contributed by atoms with Crippen LogP contribution in [0.2, 0.25) is 0 Å². The summed E-state index contributed by atoms with van der Waals surface area (Å²) in [6.07, 6.45) is 2.49. The lowest BCUT2D eigenvalue weighted by molar-refractivity contribution is 0.610. The Bertz CT molecular complexity index is 577. The number of nitrogens with one attached hydrogen (secondary N) is 1. The number of nitrogens with two attached hydrogens (primary N) is 1. The zero-order chi connectivity index (χ0) is 14.5. The minimum atomic E-state index is -0.168. The van der Waals surface area contributed by atoms with Gasteiger partial charge in [-0.1, -0.05) is 31.5 Å². The molecule has 4 nitrogen and oxygen atoms in total. The van der Waals surface area contributed by atoms with Crippen LogP contribution in [0.25, 0.3) is 0 Å². The van der Waals surface area contributed by atoms with Gasteiger partial charge in [0.15, 0.2) is 0 Å². The fraction of sp³-hybridized carbons (Fsp3) is 0.400. The second kappa shape index (κ2) is 6.41. The van der Waals surface area contributed by atoms with E-state index in [1.54, 1.807) is 16.8 Å². The average molecular weight is 276 g/mol. The SMILES string of the molecule is CCCc1nn(C)c(NCCc2ccccc2F)c1N. The molecule has 20 heavy (non-hydrogen) atoms. The highest BCUT2D eigenvalue weighted by molar-refractivity contribution is 5.65. The number of nitrogens with zero attached hydrogens (tertiary/aromatic N) is 2. The number of anilines is 2. The molecule has 3 N–H and O–H groups in total. The number of rotatable bonds is 6. The molecule has 0 atom stereocenters. The molecular weight excluding hydrogens is 255 g/mol. The highest BCUT2D eigenvalue weighted by Crippen LogP contribution is 2.23. The van der Waals surface area contributed by atoms with Crippen molar-refractivity contribution in [3.8, 4) is 0 Å². The minimum absolute atomic E-state index is 0.168. The van der Waals surface area contributed by atoms with Gasteiger partial charge in [-0.05, 0) is 24.5 Å². The fourth-order valence-corrected chi connectivity index (χ4v) is 2.24. The Hall–Kier alpha value is -2.04. The smallest absolute Gasteiger partial charge is 0.147 e. The van der Waals surface area contributed by atoms with Crippen molar-refractivity contribution in [2.24, 2.45) is 7.05 Å². The Morgan fingerprint density at radius 3 is 2.75 bits per heavy atom. The summed E-state index contributed by atoms with van der Waals surface area (Å²) < 4.78 is 15.3. The maximum Gasteiger partial charge on any atom is 0.147 e. The monoisotopic (exact) mass is 276 g/mol. The largest absolute Gasteiger partial charge is 0.394 e. The van der Waals surface area contributed by atoms with Gasteiger partial charge in [0.2, 0.25) is 0 Å². The van der Waals surface area contributed by atoms with Crippen LogP contribution in [-0.2, 0) is 19.9 Å². The molecule has 1 aromatic heterocycles. The summed E-state index contributed by atoms with van der Waals surface area (Å²) in [5, 5.41) is 7.64. The van der Waals surface area contributed by atoms with Crippen molar-refractivity contribution in [2.45, 2.75) is 26.2 Å². The Labute approximate surface area is 118 Å². The summed E-state index contributed by atoms with van der Waals surface area (Å²) >= 11 is 0. The van der Waals surface area contributed by atoms with E-state index in [1.165, 1.54) is 6.07 Å². The molecule has 0 aliphatic rings. The molecule has 2 aromatic rings. The summed E-state index contributed by atoms with van der Waals surface area (Å²) in [5.74, 6) is 0.642. The third kappa shape index (κ3) is 3.10. The van der Waals surface area contributed by atoms with Crippen LogP contribution in [0.3, 0.4) is 0 Å². The maximum atomic E-state index is 13.5. The lowest BCUT2D eigenvalue weighted by atomic mass is 10.1. The number of aryl methyl sites for hydroxylation is 2. The van der Waals surface area contributed by atoms with Gasteiger partial charge in [0, 0.05) is 13.6 Å². The zero-order valence-electron chi connectivity index (χ0n) is 12.0. The number of benzene rings is 1. The molecule has 1 aromatic carbocycles. The van der Waals surface area contributed by atoms with Crippen molar-refractivity contribution in [1.82, 2.24) is 9.78 Å². The van der Waals surface area contributed by atoms with E-state index >= 15 is 0 Å². The second-order valence-corrected chi connectivity index (χ2v) is 4.85. The summed E-state index contributed by atoms with van der Waals surface area (Å²) in [6, 6.07) is 6.82. The van der Waals surface area contributed by atoms with Crippen LogP contribution in [0.4, 0.5) is 15.9 Å². The normalized spacial score (nSPS) is 10.8. The van der Waals surface area contributed by atoms with E-state index < -0.39 is 0 Å². The standard InChI is InChI=1S/C15H21FN4/c1-3-6-13-14(17)15(20(2)19-13)18-10-9-11-7-4-5-8-12(11)16/h4-5,7-8,18H,3,6,9-10,17H2,1-2H3. The van der Waals surface area contributed by atoms with Gasteiger partial charge in [-0.2, -0.15) is 5.10 Å². The van der Waals surface area contributed by atoms with E-state index in [2.05, 4.69) is 17.3 Å². The number of aromatic nitrogens is 2. The first-order valence-corrected chi connectivity index (χ1v) is 6.92. The third-order valence-electron chi connectivity index (χ3n) is 3.29. The van der Waals surface area contributed by atoms with Crippen molar-refractivity contribution >= 4 is 11.5 Å². The van der Waals surface area contributed by atoms with E-state index in [0.29, 0.717) is 24.2 Å². The van der Waals surface area contributed by atoms with Gasteiger partial charge in [0.1, 0.15) is 11.6 Å². The molecule has 108 valence electrons. The number of nitrogen functional groups attached to an aromatic ring is 1. The van der Waals surface area contributed by atoms with Gasteiger partial charge >= 0.3 is 0 Å². The van der Waals surface area contributed by atoms with E-state index in [-0.39, 0.29) is 5.82 Å². The number of hydrogen-bond donors (Lipinski definition) is 2. The van der Waals surface area contributed by atoms with Gasteiger partial charge in [-0.25, -0.2) is 4.39 Å². The summed E-state index contributed by atoms with van der Waals surface area (Å²) in [6.45, 7) is 2.72. The highest BCUT2D eigenvalue weighted by atomic mass is 19.1. The zero-order valence-corrected chi connectivity index (χ0v) is 12.0. The third-order valence-corrected chi connectivity index (χ3v) is 3.29. The van der Waals surface area contributed by atoms with Crippen molar-refractivity contribution in [3.63, 3.8) is 0 Å². The van der Waals surface area contributed by atoms with Crippen LogP contribution in [0, 0.1) is 5.82 Å². The molecule has 0 fully saturated rings. The molecule has 0 bridgehead atoms. The lowest BCUT2D eigenvalue weighted by Gasteiger charge is -2.08. The van der Waals surface area contributed by atoms with Gasteiger partial charge in [0.25, 0.3) is 0 Å².